The second kappa shape index (κ2) is 11.0. The number of anilines is 3. The first-order valence-electron chi connectivity index (χ1n) is 16.4. The highest BCUT2D eigenvalue weighted by Crippen LogP contribution is 2.41. The van der Waals surface area contributed by atoms with Crippen LogP contribution in [0.3, 0.4) is 0 Å². The van der Waals surface area contributed by atoms with E-state index in [1.807, 2.05) is 24.3 Å². The highest BCUT2D eigenvalue weighted by atomic mass is 16.3. The highest BCUT2D eigenvalue weighted by Gasteiger charge is 2.18. The Morgan fingerprint density at radius 3 is 1.88 bits per heavy atom. The molecular weight excluding hydrogens is 601 g/mol. The van der Waals surface area contributed by atoms with Gasteiger partial charge in [-0.15, -0.1) is 0 Å². The van der Waals surface area contributed by atoms with Gasteiger partial charge >= 0.3 is 0 Å². The van der Waals surface area contributed by atoms with Crippen molar-refractivity contribution >= 4 is 71.6 Å². The van der Waals surface area contributed by atoms with E-state index >= 15 is 0 Å². The standard InChI is InChI=1S/C45H28N2O2/c1-3-10-32-26-34(17-16-29(32)8-1)45-46-41-14-7-13-38(44(41)49-45)31-19-21-35(22-20-31)47(36-23-18-30-9-2-4-11-33(30)27-36)37-24-25-43-40(28-37)39-12-5-6-15-42(39)48-43/h1-28H. The van der Waals surface area contributed by atoms with Crippen molar-refractivity contribution in [1.82, 2.24) is 4.98 Å². The van der Waals surface area contributed by atoms with E-state index in [1.165, 1.54) is 16.2 Å². The van der Waals surface area contributed by atoms with Gasteiger partial charge in [0.15, 0.2) is 5.58 Å². The summed E-state index contributed by atoms with van der Waals surface area (Å²) in [6.07, 6.45) is 0. The van der Waals surface area contributed by atoms with Crippen molar-refractivity contribution in [2.45, 2.75) is 0 Å². The predicted octanol–water partition coefficient (Wildman–Crippen LogP) is 12.8. The van der Waals surface area contributed by atoms with Crippen LogP contribution in [0.1, 0.15) is 0 Å². The maximum Gasteiger partial charge on any atom is 0.227 e. The summed E-state index contributed by atoms with van der Waals surface area (Å²) in [5, 5.41) is 6.95. The number of para-hydroxylation sites is 2. The lowest BCUT2D eigenvalue weighted by Crippen LogP contribution is -2.09. The Labute approximate surface area is 282 Å². The first-order valence-corrected chi connectivity index (χ1v) is 16.4. The molecular formula is C45H28N2O2. The van der Waals surface area contributed by atoms with Crippen LogP contribution in [0.5, 0.6) is 0 Å². The van der Waals surface area contributed by atoms with Crippen molar-refractivity contribution < 1.29 is 8.83 Å². The third-order valence-electron chi connectivity index (χ3n) is 9.46. The van der Waals surface area contributed by atoms with Crippen molar-refractivity contribution in [1.29, 1.82) is 0 Å². The van der Waals surface area contributed by atoms with Crippen molar-refractivity contribution in [3.63, 3.8) is 0 Å². The number of benzene rings is 8. The summed E-state index contributed by atoms with van der Waals surface area (Å²) in [5.74, 6) is 0.620. The zero-order valence-electron chi connectivity index (χ0n) is 26.4. The van der Waals surface area contributed by atoms with Crippen molar-refractivity contribution in [3.05, 3.63) is 170 Å². The van der Waals surface area contributed by atoms with Gasteiger partial charge in [0.25, 0.3) is 0 Å². The van der Waals surface area contributed by atoms with Crippen LogP contribution >= 0.6 is 0 Å². The average Bonchev–Trinajstić information content (AvgIpc) is 3.77. The normalized spacial score (nSPS) is 11.7. The molecule has 8 aromatic carbocycles. The number of hydrogen-bond acceptors (Lipinski definition) is 4. The summed E-state index contributed by atoms with van der Waals surface area (Å²) in [6, 6.07) is 59.3. The number of rotatable bonds is 5. The Morgan fingerprint density at radius 1 is 0.408 bits per heavy atom. The van der Waals surface area contributed by atoms with Crippen LogP contribution in [0.25, 0.3) is 77.2 Å². The number of aromatic nitrogens is 1. The van der Waals surface area contributed by atoms with Gasteiger partial charge in [0.2, 0.25) is 5.89 Å². The molecule has 0 bridgehead atoms. The topological polar surface area (TPSA) is 42.4 Å². The molecule has 0 saturated carbocycles. The van der Waals surface area contributed by atoms with Crippen LogP contribution in [0.15, 0.2) is 179 Å². The molecule has 230 valence electrons. The summed E-state index contributed by atoms with van der Waals surface area (Å²) in [5.41, 5.74) is 9.60. The first kappa shape index (κ1) is 27.5. The van der Waals surface area contributed by atoms with Crippen LogP contribution in [0.2, 0.25) is 0 Å². The maximum absolute atomic E-state index is 6.48. The molecule has 0 aliphatic heterocycles. The van der Waals surface area contributed by atoms with Gasteiger partial charge in [0.05, 0.1) is 0 Å². The predicted molar refractivity (Wildman–Crippen MR) is 202 cm³/mol. The molecule has 4 heteroatoms. The molecule has 0 radical (unpaired) electrons. The smallest absolute Gasteiger partial charge is 0.227 e. The summed E-state index contributed by atoms with van der Waals surface area (Å²) < 4.78 is 12.7. The summed E-state index contributed by atoms with van der Waals surface area (Å²) in [6.45, 7) is 0. The molecule has 0 fully saturated rings. The molecule has 0 N–H and O–H groups in total. The maximum atomic E-state index is 6.48. The van der Waals surface area contributed by atoms with Gasteiger partial charge in [-0.2, -0.15) is 0 Å². The van der Waals surface area contributed by atoms with E-state index in [0.717, 1.165) is 72.2 Å². The van der Waals surface area contributed by atoms with Gasteiger partial charge in [0, 0.05) is 39.0 Å². The van der Waals surface area contributed by atoms with Crippen LogP contribution in [0.4, 0.5) is 17.1 Å². The molecule has 0 atom stereocenters. The Kier molecular flexibility index (Phi) is 6.15. The first-order chi connectivity index (χ1) is 24.2. The minimum atomic E-state index is 0.620. The van der Waals surface area contributed by atoms with E-state index < -0.39 is 0 Å². The molecule has 2 aromatic heterocycles. The monoisotopic (exact) mass is 628 g/mol. The fourth-order valence-electron chi connectivity index (χ4n) is 7.03. The Morgan fingerprint density at radius 2 is 1.04 bits per heavy atom. The Balaban J connectivity index is 1.08. The largest absolute Gasteiger partial charge is 0.456 e. The van der Waals surface area contributed by atoms with Gasteiger partial charge in [-0.3, -0.25) is 0 Å². The van der Waals surface area contributed by atoms with E-state index in [-0.39, 0.29) is 0 Å². The number of furan rings is 1. The number of fused-ring (bicyclic) bond motifs is 6. The zero-order valence-corrected chi connectivity index (χ0v) is 26.4. The van der Waals surface area contributed by atoms with Crippen LogP contribution in [-0.2, 0) is 0 Å². The molecule has 10 rings (SSSR count). The van der Waals surface area contributed by atoms with Gasteiger partial charge in [0.1, 0.15) is 16.7 Å². The Bertz CT molecular complexity index is 2840. The van der Waals surface area contributed by atoms with E-state index in [1.54, 1.807) is 0 Å². The van der Waals surface area contributed by atoms with Crippen molar-refractivity contribution in [3.8, 4) is 22.6 Å². The second-order valence-corrected chi connectivity index (χ2v) is 12.4. The average molecular weight is 629 g/mol. The molecule has 10 aromatic rings. The summed E-state index contributed by atoms with van der Waals surface area (Å²) in [7, 11) is 0. The summed E-state index contributed by atoms with van der Waals surface area (Å²) >= 11 is 0. The van der Waals surface area contributed by atoms with Crippen LogP contribution in [-0.4, -0.2) is 4.98 Å². The van der Waals surface area contributed by atoms with Crippen LogP contribution in [0, 0.1) is 0 Å². The molecule has 49 heavy (non-hydrogen) atoms. The molecule has 4 nitrogen and oxygen atoms in total. The number of hydrogen-bond donors (Lipinski definition) is 0. The minimum Gasteiger partial charge on any atom is -0.456 e. The van der Waals surface area contributed by atoms with E-state index in [2.05, 4.69) is 150 Å². The number of oxazole rings is 1. The van der Waals surface area contributed by atoms with E-state index in [0.29, 0.717) is 5.89 Å². The molecule has 0 aliphatic carbocycles. The van der Waals surface area contributed by atoms with E-state index in [9.17, 15) is 0 Å². The van der Waals surface area contributed by atoms with Crippen molar-refractivity contribution in [2.75, 3.05) is 4.90 Å². The van der Waals surface area contributed by atoms with Gasteiger partial charge in [-0.05, 0) is 93.8 Å². The van der Waals surface area contributed by atoms with Gasteiger partial charge < -0.3 is 13.7 Å². The number of nitrogens with zero attached hydrogens (tertiary/aromatic N) is 2. The molecule has 2 heterocycles. The molecule has 0 aliphatic rings. The molecule has 0 unspecified atom stereocenters. The summed E-state index contributed by atoms with van der Waals surface area (Å²) in [4.78, 5) is 7.20. The van der Waals surface area contributed by atoms with E-state index in [4.69, 9.17) is 13.8 Å². The quantitative estimate of drug-likeness (QED) is 0.190. The lowest BCUT2D eigenvalue weighted by atomic mass is 10.0. The lowest BCUT2D eigenvalue weighted by molar-refractivity contribution is 0.621. The Hall–Kier alpha value is -6.65. The van der Waals surface area contributed by atoms with Gasteiger partial charge in [-0.25, -0.2) is 4.98 Å². The molecule has 0 spiro atoms. The zero-order chi connectivity index (χ0) is 32.3. The minimum absolute atomic E-state index is 0.620. The fraction of sp³-hybridized carbons (Fsp3) is 0. The van der Waals surface area contributed by atoms with Crippen LogP contribution < -0.4 is 4.90 Å². The third-order valence-corrected chi connectivity index (χ3v) is 9.46. The molecule has 0 saturated heterocycles. The lowest BCUT2D eigenvalue weighted by Gasteiger charge is -2.26. The van der Waals surface area contributed by atoms with Gasteiger partial charge in [-0.1, -0.05) is 103 Å². The van der Waals surface area contributed by atoms with Crippen molar-refractivity contribution in [2.24, 2.45) is 0 Å². The fourth-order valence-corrected chi connectivity index (χ4v) is 7.03. The third kappa shape index (κ3) is 4.65. The SMILES string of the molecule is c1ccc2cc(-c3nc4cccc(-c5ccc(N(c6ccc7ccccc7c6)c6ccc7oc8ccccc8c7c6)cc5)c4o3)ccc2c1. The highest BCUT2D eigenvalue weighted by molar-refractivity contribution is 6.06. The second-order valence-electron chi connectivity index (χ2n) is 12.4. The molecule has 0 amide bonds.